The molecule has 24 heavy (non-hydrogen) atoms. The number of nitrogens with zero attached hydrogens (tertiary/aromatic N) is 1. The average Bonchev–Trinajstić information content (AvgIpc) is 2.61. The van der Waals surface area contributed by atoms with E-state index in [0.29, 0.717) is 40.8 Å². The highest BCUT2D eigenvalue weighted by molar-refractivity contribution is 6.17. The number of alkyl halides is 1. The Kier molecular flexibility index (Phi) is 4.86. The SMILES string of the molecule is COn1c(CCCCl)c(-c2ccccc2)c2c(F)cccc2c1=O. The molecule has 0 aliphatic rings. The van der Waals surface area contributed by atoms with Gasteiger partial charge in [-0.2, -0.15) is 0 Å². The van der Waals surface area contributed by atoms with E-state index in [-0.39, 0.29) is 5.56 Å². The molecule has 0 radical (unpaired) electrons. The number of benzene rings is 2. The summed E-state index contributed by atoms with van der Waals surface area (Å²) in [5.74, 6) is 0.0281. The van der Waals surface area contributed by atoms with Crippen LogP contribution >= 0.6 is 11.6 Å². The van der Waals surface area contributed by atoms with Gasteiger partial charge in [-0.05, 0) is 30.5 Å². The fourth-order valence-corrected chi connectivity index (χ4v) is 3.14. The monoisotopic (exact) mass is 345 g/mol. The molecule has 0 saturated heterocycles. The van der Waals surface area contributed by atoms with Crippen molar-refractivity contribution in [3.05, 3.63) is 70.4 Å². The summed E-state index contributed by atoms with van der Waals surface area (Å²) in [4.78, 5) is 18.0. The zero-order valence-corrected chi connectivity index (χ0v) is 14.0. The quantitative estimate of drug-likeness (QED) is 0.653. The van der Waals surface area contributed by atoms with Gasteiger partial charge in [-0.1, -0.05) is 36.4 Å². The standard InChI is InChI=1S/C19H17ClFNO2/c1-24-22-16(11-6-12-20)17(13-7-3-2-4-8-13)18-14(19(22)23)9-5-10-15(18)21/h2-5,7-10H,6,11-12H2,1H3. The largest absolute Gasteiger partial charge is 0.414 e. The Morgan fingerprint density at radius 2 is 1.88 bits per heavy atom. The molecule has 124 valence electrons. The first-order valence-electron chi connectivity index (χ1n) is 7.71. The van der Waals surface area contributed by atoms with E-state index >= 15 is 0 Å². The Bertz CT molecular complexity index is 922. The van der Waals surface area contributed by atoms with Gasteiger partial charge in [0.1, 0.15) is 12.9 Å². The summed E-state index contributed by atoms with van der Waals surface area (Å²) in [6.45, 7) is 0. The molecule has 0 fully saturated rings. The van der Waals surface area contributed by atoms with Gasteiger partial charge in [-0.15, -0.1) is 16.3 Å². The van der Waals surface area contributed by atoms with Crippen molar-refractivity contribution in [1.29, 1.82) is 0 Å². The molecule has 0 bridgehead atoms. The molecule has 0 N–H and O–H groups in total. The smallest absolute Gasteiger partial charge is 0.291 e. The lowest BCUT2D eigenvalue weighted by Crippen LogP contribution is -2.29. The molecule has 1 heterocycles. The first kappa shape index (κ1) is 16.5. The molecule has 0 aliphatic carbocycles. The predicted octanol–water partition coefficient (Wildman–Crippen LogP) is 4.04. The van der Waals surface area contributed by atoms with Crippen molar-refractivity contribution in [2.24, 2.45) is 0 Å². The molecular formula is C19H17ClFNO2. The highest BCUT2D eigenvalue weighted by Gasteiger charge is 2.20. The number of hydrogen-bond acceptors (Lipinski definition) is 2. The van der Waals surface area contributed by atoms with Gasteiger partial charge in [0.25, 0.3) is 5.56 Å². The Morgan fingerprint density at radius 1 is 1.12 bits per heavy atom. The van der Waals surface area contributed by atoms with Crippen molar-refractivity contribution in [3.63, 3.8) is 0 Å². The van der Waals surface area contributed by atoms with E-state index in [0.717, 1.165) is 5.56 Å². The average molecular weight is 346 g/mol. The van der Waals surface area contributed by atoms with Gasteiger partial charge in [-0.25, -0.2) is 4.39 Å². The number of rotatable bonds is 5. The number of pyridine rings is 1. The number of aromatic nitrogens is 1. The molecule has 3 nitrogen and oxygen atoms in total. The molecule has 0 unspecified atom stereocenters. The summed E-state index contributed by atoms with van der Waals surface area (Å²) in [6, 6.07) is 14.0. The van der Waals surface area contributed by atoms with Crippen molar-refractivity contribution in [3.8, 4) is 11.1 Å². The summed E-state index contributed by atoms with van der Waals surface area (Å²) < 4.78 is 15.9. The zero-order chi connectivity index (χ0) is 17.1. The molecule has 0 amide bonds. The minimum atomic E-state index is -0.418. The maximum atomic E-state index is 14.6. The van der Waals surface area contributed by atoms with E-state index in [1.54, 1.807) is 6.07 Å². The van der Waals surface area contributed by atoms with Gasteiger partial charge in [0, 0.05) is 16.8 Å². The summed E-state index contributed by atoms with van der Waals surface area (Å²) in [7, 11) is 1.44. The van der Waals surface area contributed by atoms with Gasteiger partial charge >= 0.3 is 0 Å². The van der Waals surface area contributed by atoms with Crippen molar-refractivity contribution in [2.75, 3.05) is 13.0 Å². The Labute approximate surface area is 144 Å². The second kappa shape index (κ2) is 7.05. The van der Waals surface area contributed by atoms with Gasteiger partial charge in [-0.3, -0.25) is 4.79 Å². The van der Waals surface area contributed by atoms with E-state index in [1.165, 1.54) is 24.0 Å². The Balaban J connectivity index is 2.48. The van der Waals surface area contributed by atoms with Gasteiger partial charge in [0.05, 0.1) is 11.1 Å². The third-order valence-electron chi connectivity index (χ3n) is 4.00. The van der Waals surface area contributed by atoms with E-state index in [4.69, 9.17) is 16.4 Å². The first-order valence-corrected chi connectivity index (χ1v) is 8.24. The van der Waals surface area contributed by atoms with Crippen LogP contribution in [-0.2, 0) is 6.42 Å². The van der Waals surface area contributed by atoms with Gasteiger partial charge < -0.3 is 4.84 Å². The summed E-state index contributed by atoms with van der Waals surface area (Å²) >= 11 is 5.83. The minimum Gasteiger partial charge on any atom is -0.414 e. The lowest BCUT2D eigenvalue weighted by molar-refractivity contribution is 0.150. The second-order valence-corrected chi connectivity index (χ2v) is 5.80. The van der Waals surface area contributed by atoms with Crippen LogP contribution in [0.4, 0.5) is 4.39 Å². The summed E-state index contributed by atoms with van der Waals surface area (Å²) in [5.41, 5.74) is 1.78. The van der Waals surface area contributed by atoms with Crippen LogP contribution in [0, 0.1) is 5.82 Å². The topological polar surface area (TPSA) is 31.2 Å². The number of hydrogen-bond donors (Lipinski definition) is 0. The highest BCUT2D eigenvalue weighted by atomic mass is 35.5. The second-order valence-electron chi connectivity index (χ2n) is 5.42. The third-order valence-corrected chi connectivity index (χ3v) is 4.27. The normalized spacial score (nSPS) is 11.0. The maximum absolute atomic E-state index is 14.6. The van der Waals surface area contributed by atoms with E-state index in [2.05, 4.69) is 0 Å². The van der Waals surface area contributed by atoms with Crippen LogP contribution in [0.2, 0.25) is 0 Å². The Hall–Kier alpha value is -2.33. The van der Waals surface area contributed by atoms with Crippen LogP contribution in [0.3, 0.4) is 0 Å². The highest BCUT2D eigenvalue weighted by Crippen LogP contribution is 2.32. The first-order chi connectivity index (χ1) is 11.7. The molecule has 1 aromatic heterocycles. The van der Waals surface area contributed by atoms with Crippen molar-refractivity contribution < 1.29 is 9.23 Å². The fourth-order valence-electron chi connectivity index (χ4n) is 3.00. The molecule has 3 aromatic rings. The van der Waals surface area contributed by atoms with Crippen LogP contribution in [0.1, 0.15) is 12.1 Å². The molecule has 0 saturated carbocycles. The molecule has 5 heteroatoms. The number of fused-ring (bicyclic) bond motifs is 1. The van der Waals surface area contributed by atoms with Crippen LogP contribution in [0.5, 0.6) is 0 Å². The third kappa shape index (κ3) is 2.78. The minimum absolute atomic E-state index is 0.297. The van der Waals surface area contributed by atoms with Crippen LogP contribution in [0.15, 0.2) is 53.3 Å². The molecule has 0 atom stereocenters. The van der Waals surface area contributed by atoms with Crippen molar-refractivity contribution >= 4 is 22.4 Å². The van der Waals surface area contributed by atoms with Crippen LogP contribution in [0.25, 0.3) is 21.9 Å². The van der Waals surface area contributed by atoms with E-state index in [1.807, 2.05) is 30.3 Å². The molecule has 3 rings (SSSR count). The lowest BCUT2D eigenvalue weighted by atomic mass is 9.95. The van der Waals surface area contributed by atoms with E-state index < -0.39 is 5.82 Å². The van der Waals surface area contributed by atoms with E-state index in [9.17, 15) is 9.18 Å². The fraction of sp³-hybridized carbons (Fsp3) is 0.211. The molecular weight excluding hydrogens is 329 g/mol. The maximum Gasteiger partial charge on any atom is 0.291 e. The predicted molar refractivity (Wildman–Crippen MR) is 95.1 cm³/mol. The molecule has 0 aliphatic heterocycles. The number of halogens is 2. The zero-order valence-electron chi connectivity index (χ0n) is 13.3. The van der Waals surface area contributed by atoms with Crippen molar-refractivity contribution in [2.45, 2.75) is 12.8 Å². The van der Waals surface area contributed by atoms with Crippen molar-refractivity contribution in [1.82, 2.24) is 4.73 Å². The molecule has 0 spiro atoms. The van der Waals surface area contributed by atoms with Gasteiger partial charge in [0.15, 0.2) is 0 Å². The summed E-state index contributed by atoms with van der Waals surface area (Å²) in [5, 5.41) is 0.622. The lowest BCUT2D eigenvalue weighted by Gasteiger charge is -2.18. The Morgan fingerprint density at radius 3 is 2.54 bits per heavy atom. The molecule has 2 aromatic carbocycles. The van der Waals surface area contributed by atoms with Crippen LogP contribution in [-0.4, -0.2) is 17.7 Å². The van der Waals surface area contributed by atoms with Crippen LogP contribution < -0.4 is 10.4 Å². The summed E-state index contributed by atoms with van der Waals surface area (Å²) in [6.07, 6.45) is 1.17. The van der Waals surface area contributed by atoms with Gasteiger partial charge in [0.2, 0.25) is 0 Å².